The molecule has 10 heteroatoms. The van der Waals surface area contributed by atoms with Gasteiger partial charge < -0.3 is 15.1 Å². The van der Waals surface area contributed by atoms with E-state index in [9.17, 15) is 14.4 Å². The van der Waals surface area contributed by atoms with Crippen LogP contribution >= 0.6 is 0 Å². The Kier molecular flexibility index (Phi) is 7.22. The maximum Gasteiger partial charge on any atom is 0.332 e. The van der Waals surface area contributed by atoms with Gasteiger partial charge in [-0.25, -0.2) is 4.79 Å². The number of urea groups is 1. The van der Waals surface area contributed by atoms with E-state index in [4.69, 9.17) is 0 Å². The summed E-state index contributed by atoms with van der Waals surface area (Å²) in [5, 5.41) is 14.3. The molecule has 2 fully saturated rings. The highest BCUT2D eigenvalue weighted by Crippen LogP contribution is 2.36. The number of nitrogens with zero attached hydrogens (tertiary/aromatic N) is 5. The van der Waals surface area contributed by atoms with Gasteiger partial charge in [0.1, 0.15) is 12.2 Å². The van der Waals surface area contributed by atoms with Crippen LogP contribution in [0.5, 0.6) is 0 Å². The van der Waals surface area contributed by atoms with Crippen LogP contribution in [0.2, 0.25) is 0 Å². The van der Waals surface area contributed by atoms with Crippen molar-refractivity contribution in [3.05, 3.63) is 114 Å². The van der Waals surface area contributed by atoms with Crippen molar-refractivity contribution in [2.24, 2.45) is 0 Å². The van der Waals surface area contributed by atoms with Gasteiger partial charge in [-0.15, -0.1) is 6.58 Å². The highest BCUT2D eigenvalue weighted by Gasteiger charge is 2.52. The van der Waals surface area contributed by atoms with E-state index >= 15 is 0 Å². The summed E-state index contributed by atoms with van der Waals surface area (Å²) in [6, 6.07) is 23.7. The maximum absolute atomic E-state index is 14.1. The Hall–Kier alpha value is -4.96. The van der Waals surface area contributed by atoms with Crippen LogP contribution in [-0.4, -0.2) is 73.7 Å². The van der Waals surface area contributed by atoms with E-state index < -0.39 is 12.2 Å². The average Bonchev–Trinajstić information content (AvgIpc) is 3.61. The van der Waals surface area contributed by atoms with Gasteiger partial charge in [0.15, 0.2) is 0 Å². The van der Waals surface area contributed by atoms with E-state index in [1.165, 1.54) is 5.01 Å². The van der Waals surface area contributed by atoms with Gasteiger partial charge in [-0.1, -0.05) is 78.9 Å². The minimum atomic E-state index is -0.811. The van der Waals surface area contributed by atoms with Crippen molar-refractivity contribution in [2.45, 2.75) is 25.3 Å². The number of aromatic nitrogens is 2. The molecule has 2 aliphatic heterocycles. The number of piperazine rings is 1. The number of carbonyl (C=O) groups excluding carboxylic acids is 3. The zero-order valence-electron chi connectivity index (χ0n) is 22.5. The number of fused-ring (bicyclic) bond motifs is 2. The highest BCUT2D eigenvalue weighted by atomic mass is 16.2. The highest BCUT2D eigenvalue weighted by molar-refractivity contribution is 5.93. The predicted octanol–water partition coefficient (Wildman–Crippen LogP) is 3.43. The summed E-state index contributed by atoms with van der Waals surface area (Å²) in [5.41, 5.74) is 3.53. The van der Waals surface area contributed by atoms with Crippen LogP contribution < -0.4 is 5.32 Å². The Labute approximate surface area is 237 Å². The number of amides is 4. The molecule has 0 spiro atoms. The maximum atomic E-state index is 14.1. The molecule has 2 saturated heterocycles. The van der Waals surface area contributed by atoms with E-state index in [1.54, 1.807) is 27.1 Å². The molecule has 0 aliphatic carbocycles. The minimum absolute atomic E-state index is 0.0287. The van der Waals surface area contributed by atoms with Crippen LogP contribution in [0.1, 0.15) is 22.7 Å². The third-order valence-electron chi connectivity index (χ3n) is 7.64. The number of benzene rings is 3. The van der Waals surface area contributed by atoms with Crippen molar-refractivity contribution >= 4 is 28.7 Å². The Bertz CT molecular complexity index is 1570. The second-order valence-corrected chi connectivity index (χ2v) is 10.2. The van der Waals surface area contributed by atoms with Crippen molar-refractivity contribution < 1.29 is 14.4 Å². The molecule has 0 radical (unpaired) electrons. The van der Waals surface area contributed by atoms with Gasteiger partial charge in [0.2, 0.25) is 5.91 Å². The average molecular weight is 550 g/mol. The van der Waals surface area contributed by atoms with Crippen molar-refractivity contribution in [3.8, 4) is 0 Å². The zero-order valence-corrected chi connectivity index (χ0v) is 22.5. The van der Waals surface area contributed by atoms with Gasteiger partial charge in [0.25, 0.3) is 5.91 Å². The number of aromatic amines is 1. The number of hydrazine groups is 1. The molecular weight excluding hydrogens is 518 g/mol. The van der Waals surface area contributed by atoms with E-state index in [0.717, 1.165) is 27.6 Å². The van der Waals surface area contributed by atoms with Gasteiger partial charge in [-0.05, 0) is 22.8 Å². The molecule has 2 N–H and O–H groups in total. The first-order chi connectivity index (χ1) is 20.0. The van der Waals surface area contributed by atoms with Gasteiger partial charge in [0.05, 0.1) is 31.3 Å². The summed E-state index contributed by atoms with van der Waals surface area (Å²) in [7, 11) is 0. The summed E-state index contributed by atoms with van der Waals surface area (Å²) < 4.78 is 0. The number of hydrogen-bond donors (Lipinski definition) is 2. The summed E-state index contributed by atoms with van der Waals surface area (Å²) in [5.74, 6) is -0.370. The lowest BCUT2D eigenvalue weighted by Crippen LogP contribution is -2.62. The van der Waals surface area contributed by atoms with Gasteiger partial charge in [-0.2, -0.15) is 10.1 Å². The van der Waals surface area contributed by atoms with E-state index in [-0.39, 0.29) is 37.5 Å². The smallest absolute Gasteiger partial charge is 0.332 e. The fourth-order valence-corrected chi connectivity index (χ4v) is 5.70. The molecular formula is C31H31N7O3. The van der Waals surface area contributed by atoms with Gasteiger partial charge in [-0.3, -0.25) is 19.7 Å². The Morgan fingerprint density at radius 3 is 2.56 bits per heavy atom. The zero-order chi connectivity index (χ0) is 28.3. The number of hydrogen-bond acceptors (Lipinski definition) is 5. The first-order valence-electron chi connectivity index (χ1n) is 13.6. The second-order valence-electron chi connectivity index (χ2n) is 10.2. The van der Waals surface area contributed by atoms with E-state index in [1.807, 2.05) is 78.9 Å². The largest absolute Gasteiger partial charge is 0.333 e. The lowest BCUT2D eigenvalue weighted by atomic mass is 9.99. The fourth-order valence-electron chi connectivity index (χ4n) is 5.70. The van der Waals surface area contributed by atoms with Crippen molar-refractivity contribution in [2.75, 3.05) is 19.6 Å². The summed E-state index contributed by atoms with van der Waals surface area (Å²) in [6.45, 7) is 4.94. The molecule has 208 valence electrons. The van der Waals surface area contributed by atoms with Crippen LogP contribution in [-0.2, 0) is 22.7 Å². The number of nitrogens with one attached hydrogen (secondary N) is 2. The number of H-pyrrole nitrogens is 1. The Balaban J connectivity index is 1.33. The first kappa shape index (κ1) is 26.3. The molecule has 4 aromatic rings. The lowest BCUT2D eigenvalue weighted by molar-refractivity contribution is -0.158. The molecule has 2 atom stereocenters. The van der Waals surface area contributed by atoms with Crippen LogP contribution in [0.25, 0.3) is 10.9 Å². The third-order valence-corrected chi connectivity index (χ3v) is 7.64. The molecule has 0 saturated carbocycles. The Morgan fingerprint density at radius 1 is 1.05 bits per heavy atom. The molecule has 4 amide bonds. The molecule has 0 unspecified atom stereocenters. The van der Waals surface area contributed by atoms with Crippen molar-refractivity contribution in [1.82, 2.24) is 35.3 Å². The standard InChI is InChI=1S/C31H31N7O3/c1-2-16-36(31(41)32-17-22-10-5-3-6-11-22)37-21-28(39)38-27(37)20-35(30(40)29(38)23-12-7-4-8-13-23)19-24-14-9-15-26-25(24)18-33-34-26/h2-15,18,27,29H,1,16-17,19-21H2,(H,32,41)(H,33,34)/t27-,29+/m1/s1. The molecule has 41 heavy (non-hydrogen) atoms. The van der Waals surface area contributed by atoms with E-state index in [2.05, 4.69) is 22.1 Å². The molecule has 3 aromatic carbocycles. The molecule has 1 aromatic heterocycles. The molecule has 10 nitrogen and oxygen atoms in total. The molecule has 3 heterocycles. The first-order valence-corrected chi connectivity index (χ1v) is 13.6. The monoisotopic (exact) mass is 549 g/mol. The van der Waals surface area contributed by atoms with Crippen molar-refractivity contribution in [3.63, 3.8) is 0 Å². The van der Waals surface area contributed by atoms with Crippen LogP contribution in [0.3, 0.4) is 0 Å². The lowest BCUT2D eigenvalue weighted by Gasteiger charge is -2.46. The molecule has 0 bridgehead atoms. The molecule has 6 rings (SSSR count). The second kappa shape index (κ2) is 11.3. The summed E-state index contributed by atoms with van der Waals surface area (Å²) in [4.78, 5) is 44.5. The number of carbonyl (C=O) groups is 3. The van der Waals surface area contributed by atoms with Gasteiger partial charge >= 0.3 is 6.03 Å². The quantitative estimate of drug-likeness (QED) is 0.328. The van der Waals surface area contributed by atoms with Gasteiger partial charge in [0, 0.05) is 18.5 Å². The normalized spacial score (nSPS) is 18.9. The third kappa shape index (κ3) is 5.05. The van der Waals surface area contributed by atoms with Crippen molar-refractivity contribution in [1.29, 1.82) is 0 Å². The summed E-state index contributed by atoms with van der Waals surface area (Å²) in [6.07, 6.45) is 2.85. The predicted molar refractivity (Wildman–Crippen MR) is 154 cm³/mol. The SMILES string of the molecule is C=CCN(C(=O)NCc1ccccc1)N1CC(=O)N2[C@@H](c3ccccc3)C(=O)N(Cc3cccc4[nH]ncc34)C[C@@H]21. The fraction of sp³-hybridized carbons (Fsp3) is 0.226. The Morgan fingerprint density at radius 2 is 1.80 bits per heavy atom. The number of rotatable bonds is 8. The van der Waals surface area contributed by atoms with E-state index in [0.29, 0.717) is 13.1 Å². The van der Waals surface area contributed by atoms with Crippen LogP contribution in [0.15, 0.2) is 97.7 Å². The van der Waals surface area contributed by atoms with Crippen LogP contribution in [0.4, 0.5) is 4.79 Å². The topological polar surface area (TPSA) is 105 Å². The molecule has 2 aliphatic rings. The minimum Gasteiger partial charge on any atom is -0.333 e. The van der Waals surface area contributed by atoms with Crippen LogP contribution in [0, 0.1) is 0 Å². The summed E-state index contributed by atoms with van der Waals surface area (Å²) >= 11 is 0.